The fraction of sp³-hybridized carbons (Fsp3) is 0.200. The topological polar surface area (TPSA) is 63.8 Å². The highest BCUT2D eigenvalue weighted by Crippen LogP contribution is 2.31. The van der Waals surface area contributed by atoms with Crippen molar-refractivity contribution in [2.24, 2.45) is 0 Å². The van der Waals surface area contributed by atoms with Gasteiger partial charge in [0.25, 0.3) is 0 Å². The Morgan fingerprint density at radius 1 is 1.25 bits per heavy atom. The Labute approximate surface area is 121 Å². The molecule has 102 valence electrons. The van der Waals surface area contributed by atoms with Crippen LogP contribution in [0.15, 0.2) is 42.2 Å². The molecule has 1 atom stereocenters. The van der Waals surface area contributed by atoms with Crippen molar-refractivity contribution in [2.75, 3.05) is 11.1 Å². The van der Waals surface area contributed by atoms with Crippen LogP contribution in [0, 0.1) is 0 Å². The highest BCUT2D eigenvalue weighted by molar-refractivity contribution is 7.09. The van der Waals surface area contributed by atoms with Gasteiger partial charge in [0.2, 0.25) is 0 Å². The molecule has 0 fully saturated rings. The lowest BCUT2D eigenvalue weighted by molar-refractivity contribution is 0.743. The molecule has 0 aliphatic heterocycles. The van der Waals surface area contributed by atoms with E-state index in [2.05, 4.69) is 22.2 Å². The molecule has 1 aromatic carbocycles. The summed E-state index contributed by atoms with van der Waals surface area (Å²) in [4.78, 5) is 8.55. The first-order chi connectivity index (χ1) is 9.79. The number of aromatic nitrogens is 2. The lowest BCUT2D eigenvalue weighted by Gasteiger charge is -2.18. The van der Waals surface area contributed by atoms with E-state index in [1.165, 1.54) is 0 Å². The van der Waals surface area contributed by atoms with Crippen LogP contribution in [-0.2, 0) is 0 Å². The number of benzene rings is 1. The van der Waals surface area contributed by atoms with Crippen LogP contribution in [0.5, 0.6) is 0 Å². The molecule has 2 aromatic heterocycles. The molecule has 3 N–H and O–H groups in total. The van der Waals surface area contributed by atoms with E-state index in [1.54, 1.807) is 23.7 Å². The van der Waals surface area contributed by atoms with Gasteiger partial charge in [-0.1, -0.05) is 6.92 Å². The second-order valence-corrected chi connectivity index (χ2v) is 5.53. The van der Waals surface area contributed by atoms with Crippen molar-refractivity contribution in [2.45, 2.75) is 19.4 Å². The maximum atomic E-state index is 6.00. The number of anilines is 2. The van der Waals surface area contributed by atoms with Crippen molar-refractivity contribution < 1.29 is 0 Å². The number of thiazole rings is 1. The SMILES string of the molecule is CCC(Nc1ccc(N)c2cnccc12)c1nccs1. The van der Waals surface area contributed by atoms with E-state index >= 15 is 0 Å². The normalized spacial score (nSPS) is 12.4. The smallest absolute Gasteiger partial charge is 0.115 e. The zero-order valence-electron chi connectivity index (χ0n) is 11.2. The number of rotatable bonds is 4. The Hall–Kier alpha value is -2.14. The molecule has 2 heterocycles. The van der Waals surface area contributed by atoms with Crippen LogP contribution in [0.2, 0.25) is 0 Å². The molecule has 0 radical (unpaired) electrons. The van der Waals surface area contributed by atoms with Crippen molar-refractivity contribution in [3.63, 3.8) is 0 Å². The number of nitrogens with one attached hydrogen (secondary N) is 1. The highest BCUT2D eigenvalue weighted by atomic mass is 32.1. The molecule has 0 aliphatic carbocycles. The minimum absolute atomic E-state index is 0.218. The number of fused-ring (bicyclic) bond motifs is 1. The van der Waals surface area contributed by atoms with Crippen LogP contribution in [-0.4, -0.2) is 9.97 Å². The zero-order chi connectivity index (χ0) is 13.9. The maximum Gasteiger partial charge on any atom is 0.115 e. The highest BCUT2D eigenvalue weighted by Gasteiger charge is 2.13. The van der Waals surface area contributed by atoms with E-state index in [1.807, 2.05) is 29.8 Å². The molecular formula is C15H16N4S. The van der Waals surface area contributed by atoms with Crippen molar-refractivity contribution in [3.8, 4) is 0 Å². The fourth-order valence-corrected chi connectivity index (χ4v) is 3.04. The van der Waals surface area contributed by atoms with Gasteiger partial charge in [-0.15, -0.1) is 11.3 Å². The number of pyridine rings is 1. The van der Waals surface area contributed by atoms with Gasteiger partial charge in [0.15, 0.2) is 0 Å². The molecule has 0 saturated carbocycles. The first kappa shape index (κ1) is 12.9. The summed E-state index contributed by atoms with van der Waals surface area (Å²) >= 11 is 1.67. The standard InChI is InChI=1S/C15H16N4S/c1-2-13(15-18-7-8-20-15)19-14-4-3-12(16)11-9-17-6-5-10(11)14/h3-9,13,19H,2,16H2,1H3. The monoisotopic (exact) mass is 284 g/mol. The van der Waals surface area contributed by atoms with Crippen molar-refractivity contribution in [1.82, 2.24) is 9.97 Å². The van der Waals surface area contributed by atoms with Crippen LogP contribution in [0.4, 0.5) is 11.4 Å². The third kappa shape index (κ3) is 2.32. The van der Waals surface area contributed by atoms with E-state index in [4.69, 9.17) is 5.73 Å². The van der Waals surface area contributed by atoms with Gasteiger partial charge in [0.05, 0.1) is 6.04 Å². The molecule has 0 amide bonds. The van der Waals surface area contributed by atoms with Crippen molar-refractivity contribution in [3.05, 3.63) is 47.2 Å². The van der Waals surface area contributed by atoms with Gasteiger partial charge < -0.3 is 11.1 Å². The molecule has 3 aromatic rings. The number of hydrogen-bond acceptors (Lipinski definition) is 5. The van der Waals surface area contributed by atoms with Crippen LogP contribution >= 0.6 is 11.3 Å². The molecule has 5 heteroatoms. The second kappa shape index (κ2) is 5.46. The molecular weight excluding hydrogens is 268 g/mol. The third-order valence-corrected chi connectivity index (χ3v) is 4.23. The predicted molar refractivity (Wildman–Crippen MR) is 84.9 cm³/mol. The van der Waals surface area contributed by atoms with Gasteiger partial charge in [-0.05, 0) is 24.6 Å². The quantitative estimate of drug-likeness (QED) is 0.715. The lowest BCUT2D eigenvalue weighted by atomic mass is 10.1. The largest absolute Gasteiger partial charge is 0.398 e. The van der Waals surface area contributed by atoms with E-state index < -0.39 is 0 Å². The summed E-state index contributed by atoms with van der Waals surface area (Å²) in [5.74, 6) is 0. The van der Waals surface area contributed by atoms with Crippen molar-refractivity contribution >= 4 is 33.5 Å². The van der Waals surface area contributed by atoms with E-state index in [-0.39, 0.29) is 6.04 Å². The minimum atomic E-state index is 0.218. The number of nitrogens with two attached hydrogens (primary N) is 1. The molecule has 1 unspecified atom stereocenters. The fourth-order valence-electron chi connectivity index (χ4n) is 2.27. The van der Waals surface area contributed by atoms with Gasteiger partial charge in [-0.25, -0.2) is 4.98 Å². The number of hydrogen-bond donors (Lipinski definition) is 2. The Morgan fingerprint density at radius 3 is 2.90 bits per heavy atom. The van der Waals surface area contributed by atoms with Gasteiger partial charge in [-0.2, -0.15) is 0 Å². The Morgan fingerprint density at radius 2 is 2.15 bits per heavy atom. The van der Waals surface area contributed by atoms with Crippen LogP contribution in [0.25, 0.3) is 10.8 Å². The summed E-state index contributed by atoms with van der Waals surface area (Å²) < 4.78 is 0. The number of nitrogens with zero attached hydrogens (tertiary/aromatic N) is 2. The van der Waals surface area contributed by atoms with Crippen LogP contribution < -0.4 is 11.1 Å². The van der Waals surface area contributed by atoms with Crippen LogP contribution in [0.3, 0.4) is 0 Å². The van der Waals surface area contributed by atoms with E-state index in [0.717, 1.165) is 33.6 Å². The average molecular weight is 284 g/mol. The van der Waals surface area contributed by atoms with Gasteiger partial charge in [-0.3, -0.25) is 4.98 Å². The first-order valence-corrected chi connectivity index (χ1v) is 7.45. The second-order valence-electron chi connectivity index (χ2n) is 4.60. The summed E-state index contributed by atoms with van der Waals surface area (Å²) in [5, 5.41) is 8.74. The molecule has 0 aliphatic rings. The summed E-state index contributed by atoms with van der Waals surface area (Å²) in [5.41, 5.74) is 7.82. The molecule has 4 nitrogen and oxygen atoms in total. The zero-order valence-corrected chi connectivity index (χ0v) is 12.0. The predicted octanol–water partition coefficient (Wildman–Crippen LogP) is 3.84. The Kier molecular flexibility index (Phi) is 3.52. The maximum absolute atomic E-state index is 6.00. The minimum Gasteiger partial charge on any atom is -0.398 e. The number of nitrogen functional groups attached to an aromatic ring is 1. The van der Waals surface area contributed by atoms with Crippen LogP contribution in [0.1, 0.15) is 24.4 Å². The van der Waals surface area contributed by atoms with Gasteiger partial charge >= 0.3 is 0 Å². The summed E-state index contributed by atoms with van der Waals surface area (Å²) in [6.07, 6.45) is 6.41. The summed E-state index contributed by atoms with van der Waals surface area (Å²) in [6.45, 7) is 2.15. The Balaban J connectivity index is 2.00. The Bertz CT molecular complexity index is 709. The van der Waals surface area contributed by atoms with E-state index in [0.29, 0.717) is 0 Å². The van der Waals surface area contributed by atoms with E-state index in [9.17, 15) is 0 Å². The summed E-state index contributed by atoms with van der Waals surface area (Å²) in [7, 11) is 0. The van der Waals surface area contributed by atoms with Crippen molar-refractivity contribution in [1.29, 1.82) is 0 Å². The lowest BCUT2D eigenvalue weighted by Crippen LogP contribution is -2.09. The molecule has 3 rings (SSSR count). The average Bonchev–Trinajstić information content (AvgIpc) is 3.01. The molecule has 0 bridgehead atoms. The molecule has 20 heavy (non-hydrogen) atoms. The first-order valence-electron chi connectivity index (χ1n) is 6.57. The molecule has 0 spiro atoms. The third-order valence-electron chi connectivity index (χ3n) is 3.34. The summed E-state index contributed by atoms with van der Waals surface area (Å²) in [6, 6.07) is 6.15. The molecule has 0 saturated heterocycles. The van der Waals surface area contributed by atoms with Gasteiger partial charge in [0, 0.05) is 46.1 Å². The van der Waals surface area contributed by atoms with Gasteiger partial charge in [0.1, 0.15) is 5.01 Å².